The zero-order valence-corrected chi connectivity index (χ0v) is 77.2. The van der Waals surface area contributed by atoms with Crippen LogP contribution in [0, 0.1) is 0 Å². The van der Waals surface area contributed by atoms with Crippen LogP contribution < -0.4 is 19.6 Å². The number of fused-ring (bicyclic) bond motifs is 44. The van der Waals surface area contributed by atoms with Gasteiger partial charge < -0.3 is 14.7 Å². The van der Waals surface area contributed by atoms with Crippen molar-refractivity contribution in [2.24, 2.45) is 0 Å². The van der Waals surface area contributed by atoms with Gasteiger partial charge in [-0.05, 0) is 410 Å². The van der Waals surface area contributed by atoms with E-state index >= 15 is 0 Å². The number of aromatic nitrogens is 4. The van der Waals surface area contributed by atoms with Crippen molar-refractivity contribution in [2.75, 3.05) is 19.6 Å². The molecule has 0 atom stereocenters. The Labute approximate surface area is 812 Å². The molecular weight excluding hydrogens is 1700 g/mol. The number of nitrogens with zero attached hydrogens (tertiary/aromatic N) is 8. The van der Waals surface area contributed by atoms with E-state index in [1.54, 1.807) is 0 Å². The molecule has 0 fully saturated rings. The topological polar surface area (TPSA) is 64.5 Å². The number of hydrogen-bond donors (Lipinski definition) is 0. The Morgan fingerprint density at radius 3 is 0.950 bits per heavy atom. The second-order valence-corrected chi connectivity index (χ2v) is 41.5. The third kappa shape index (κ3) is 10.8. The van der Waals surface area contributed by atoms with E-state index in [9.17, 15) is 0 Å². The molecule has 8 nitrogen and oxygen atoms in total. The minimum Gasteiger partial charge on any atom is -0.309 e. The highest BCUT2D eigenvalue weighted by Crippen LogP contribution is 2.63. The maximum atomic E-state index is 4.88. The number of para-hydroxylation sites is 4. The van der Waals surface area contributed by atoms with Gasteiger partial charge in [0, 0.05) is 82.4 Å². The highest BCUT2D eigenvalue weighted by Gasteiger charge is 2.44. The maximum absolute atomic E-state index is 4.88. The second-order valence-electron chi connectivity index (χ2n) is 41.5. The molecule has 12 heterocycles. The summed E-state index contributed by atoms with van der Waals surface area (Å²) in [6, 6.07) is 115. The van der Waals surface area contributed by atoms with E-state index in [1.807, 2.05) is 31.0 Å². The van der Waals surface area contributed by atoms with E-state index in [0.29, 0.717) is 0 Å². The van der Waals surface area contributed by atoms with Crippen LogP contribution >= 0.6 is 0 Å². The summed E-state index contributed by atoms with van der Waals surface area (Å²) in [7, 11) is 0. The average Bonchev–Trinajstić information content (AvgIpc) is 0.883. The molecule has 0 radical (unpaired) electrons. The summed E-state index contributed by atoms with van der Waals surface area (Å²) in [5, 5.41) is 0. The number of pyridine rings is 4. The fourth-order valence-corrected chi connectivity index (χ4v) is 28.4. The second kappa shape index (κ2) is 28.5. The van der Waals surface area contributed by atoms with Gasteiger partial charge in [-0.2, -0.15) is 0 Å². The Bertz CT molecular complexity index is 8510. The van der Waals surface area contributed by atoms with Gasteiger partial charge in [0.15, 0.2) is 0 Å². The monoisotopic (exact) mass is 1780 g/mol. The van der Waals surface area contributed by atoms with Crippen LogP contribution in [0.15, 0.2) is 340 Å². The van der Waals surface area contributed by atoms with Crippen LogP contribution in [0.25, 0.3) is 89.0 Å². The van der Waals surface area contributed by atoms with Gasteiger partial charge in [-0.25, -0.2) is 4.98 Å². The normalized spacial score (nSPS) is 14.9. The van der Waals surface area contributed by atoms with Gasteiger partial charge in [0.1, 0.15) is 5.82 Å². The Morgan fingerprint density at radius 1 is 0.157 bits per heavy atom. The molecule has 8 aliphatic carbocycles. The Morgan fingerprint density at radius 2 is 0.471 bits per heavy atom. The number of anilines is 12. The molecule has 16 aliphatic rings. The van der Waals surface area contributed by atoms with E-state index in [4.69, 9.17) is 9.97 Å². The average molecular weight is 1790 g/mol. The molecule has 0 unspecified atom stereocenters. The predicted octanol–water partition coefficient (Wildman–Crippen LogP) is 30.0. The zero-order valence-electron chi connectivity index (χ0n) is 77.2. The van der Waals surface area contributed by atoms with E-state index in [1.165, 1.54) is 330 Å². The predicted molar refractivity (Wildman–Crippen MR) is 564 cm³/mol. The van der Waals surface area contributed by atoms with Crippen molar-refractivity contribution in [3.8, 4) is 89.0 Å². The van der Waals surface area contributed by atoms with Gasteiger partial charge in [-0.3, -0.25) is 19.9 Å². The van der Waals surface area contributed by atoms with Gasteiger partial charge in [0.2, 0.25) is 0 Å². The van der Waals surface area contributed by atoms with Crippen molar-refractivity contribution in [3.05, 3.63) is 519 Å². The summed E-state index contributed by atoms with van der Waals surface area (Å²) in [6.45, 7) is 0. The summed E-state index contributed by atoms with van der Waals surface area (Å²) < 4.78 is 0. The molecule has 4 aromatic heterocycles. The minimum absolute atomic E-state index is 0.907. The molecule has 8 heteroatoms. The molecule has 656 valence electrons. The Hall–Kier alpha value is -16.7. The smallest absolute Gasteiger partial charge is 0.141 e. The fraction of sp³-hybridized carbons (Fsp3) is 0.121. The van der Waals surface area contributed by atoms with Crippen molar-refractivity contribution in [3.63, 3.8) is 0 Å². The molecular formula is C132H88N8. The van der Waals surface area contributed by atoms with Crippen molar-refractivity contribution in [2.45, 2.75) is 103 Å². The van der Waals surface area contributed by atoms with Crippen LogP contribution in [0.1, 0.15) is 178 Å². The number of benzene rings is 16. The minimum atomic E-state index is 0.907. The number of hydrogen-bond acceptors (Lipinski definition) is 8. The molecule has 8 aliphatic heterocycles. The molecule has 0 saturated heterocycles. The summed E-state index contributed by atoms with van der Waals surface area (Å²) >= 11 is 0. The largest absolute Gasteiger partial charge is 0.309 e. The standard InChI is InChI=1S/4C33H22N2/c1-2-9-26-19(5-1)13-24-18-28-25(17-27(24)26)14-20-10-11-30-29(31(20)28)16-22-7-3-6-21-15-23-8-4-12-34-33(23)35(30)32(21)22;1-2-8-25-19(5-1)13-23-15-24-14-20-10-11-30-28(32(20)27(24)18-26(23)25)16-21-6-3-7-22-17-29-31(9-4-12-34-29)35(30)33(21)22;1-2-7-26-19(4-1)12-24-17-28-25(16-27(24)26)14-21-8-9-30-29(32(21)28)15-23-6-3-5-22-13-20-10-11-34-18-31(20)35(30)33(22)23;1-2-7-26-19(4-1)12-23-17-28-24(16-27(23)26)13-20-8-9-31-29(32(20)28)15-22-6-3-5-21-14-25-18-34-11-10-30(25)35(31)33(21)22/h1-12,17-18H,13-16H2;1-12,15,18H,13-14,16-17H2;2*1-11,16-18H,12-15H2. The summed E-state index contributed by atoms with van der Waals surface area (Å²) in [5.41, 5.74) is 83.5. The summed E-state index contributed by atoms with van der Waals surface area (Å²) in [4.78, 5) is 28.6. The van der Waals surface area contributed by atoms with Crippen molar-refractivity contribution in [1.29, 1.82) is 0 Å². The third-order valence-corrected chi connectivity index (χ3v) is 34.2. The van der Waals surface area contributed by atoms with Gasteiger partial charge in [0.25, 0.3) is 0 Å². The first kappa shape index (κ1) is 76.5. The van der Waals surface area contributed by atoms with Crippen LogP contribution in [-0.2, 0) is 103 Å². The molecule has 0 saturated carbocycles. The maximum Gasteiger partial charge on any atom is 0.141 e. The lowest BCUT2D eigenvalue weighted by Gasteiger charge is -2.40. The van der Waals surface area contributed by atoms with Gasteiger partial charge in [0.05, 0.1) is 74.5 Å². The van der Waals surface area contributed by atoms with Gasteiger partial charge >= 0.3 is 0 Å². The Kier molecular flexibility index (Phi) is 15.6. The van der Waals surface area contributed by atoms with Crippen molar-refractivity contribution >= 4 is 68.4 Å². The molecule has 20 aromatic rings. The first-order valence-electron chi connectivity index (χ1n) is 50.3. The molecule has 0 N–H and O–H groups in total. The molecule has 0 spiro atoms. The lowest BCUT2D eigenvalue weighted by molar-refractivity contribution is 0.971. The van der Waals surface area contributed by atoms with E-state index < -0.39 is 0 Å². The molecule has 36 rings (SSSR count). The lowest BCUT2D eigenvalue weighted by atomic mass is 9.84. The fourth-order valence-electron chi connectivity index (χ4n) is 28.4. The number of rotatable bonds is 0. The molecule has 0 amide bonds. The van der Waals surface area contributed by atoms with Crippen molar-refractivity contribution in [1.82, 2.24) is 19.9 Å². The quantitative estimate of drug-likeness (QED) is 0.149. The van der Waals surface area contributed by atoms with Crippen LogP contribution in [0.5, 0.6) is 0 Å². The third-order valence-electron chi connectivity index (χ3n) is 34.2. The Balaban J connectivity index is 0.0000000829. The van der Waals surface area contributed by atoms with Crippen LogP contribution in [-0.4, -0.2) is 19.9 Å². The van der Waals surface area contributed by atoms with E-state index in [0.717, 1.165) is 109 Å². The molecule has 140 heavy (non-hydrogen) atoms. The summed E-state index contributed by atoms with van der Waals surface area (Å²) in [6.07, 6.45) is 27.9. The zero-order chi connectivity index (χ0) is 90.7. The van der Waals surface area contributed by atoms with Gasteiger partial charge in [-0.15, -0.1) is 0 Å². The highest BCUT2D eigenvalue weighted by molar-refractivity contribution is 6.03. The van der Waals surface area contributed by atoms with Gasteiger partial charge in [-0.1, -0.05) is 206 Å². The first-order chi connectivity index (χ1) is 69.3. The summed E-state index contributed by atoms with van der Waals surface area (Å²) in [5.74, 6) is 1.09. The lowest BCUT2D eigenvalue weighted by Crippen LogP contribution is -2.26. The van der Waals surface area contributed by atoms with Crippen molar-refractivity contribution < 1.29 is 0 Å². The van der Waals surface area contributed by atoms with Crippen LogP contribution in [0.4, 0.5) is 68.4 Å². The molecule has 0 bridgehead atoms. The molecule has 16 aromatic carbocycles. The van der Waals surface area contributed by atoms with Crippen LogP contribution in [0.3, 0.4) is 0 Å². The SMILES string of the molecule is c1ccc2c(c1)Cc1cc3c(cc1-2)-c1c(ccc2c1Cc1cccc4c1N2c1cccnc1C4)C3.c1ccc2c(c1)Cc1cc3c(cc1-2)Cc1ccc2c(c1-3)Cc1cccc3c1N2c1ccncc1C3.c1ccc2c(c1)Cc1cc3c(cc1-2)Cc1ccc2c(c1-3)Cc1cccc3c1N2c1cnccc1C3.c1ccc2c(c1)Cc1cc3c(cc1-2)Cc1ccc2c(c1-3)Cc1cccc3c1N2c1ncccc1C3. The van der Waals surface area contributed by atoms with Crippen LogP contribution in [0.2, 0.25) is 0 Å². The van der Waals surface area contributed by atoms with E-state index in [2.05, 4.69) is 339 Å². The highest BCUT2D eigenvalue weighted by atomic mass is 15.2. The first-order valence-corrected chi connectivity index (χ1v) is 50.3. The van der Waals surface area contributed by atoms with E-state index in [-0.39, 0.29) is 0 Å².